The minimum atomic E-state index is -0.721. The Morgan fingerprint density at radius 3 is 2.12 bits per heavy atom. The maximum Gasteiger partial charge on any atom is 0.415 e. The number of fused-ring (bicyclic) bond motifs is 1. The van der Waals surface area contributed by atoms with Gasteiger partial charge in [-0.2, -0.15) is 0 Å². The van der Waals surface area contributed by atoms with Crippen molar-refractivity contribution in [3.8, 4) is 21.7 Å². The molecule has 43 heavy (non-hydrogen) atoms. The fourth-order valence-electron chi connectivity index (χ4n) is 4.42. The van der Waals surface area contributed by atoms with E-state index in [4.69, 9.17) is 17.5 Å². The molecule has 230 valence electrons. The Kier molecular flexibility index (Phi) is 10.0. The molecule has 0 aliphatic heterocycles. The van der Waals surface area contributed by atoms with Gasteiger partial charge in [0.05, 0.1) is 34.6 Å². The first-order valence-electron chi connectivity index (χ1n) is 14.1. The molecule has 0 spiro atoms. The SMILES string of the molecule is CN(C)c1ccc(-c2ccc(-c3nc4ccc(N(C(=O)OC(C)(C)C)C(C)(C)COC(C)(C)COI)cc4s3)cc2)cn1. The molecule has 4 rings (SSSR count). The molecule has 0 unspecified atom stereocenters. The number of benzene rings is 2. The predicted octanol–water partition coefficient (Wildman–Crippen LogP) is 8.77. The molecule has 2 aromatic heterocycles. The Morgan fingerprint density at radius 2 is 1.53 bits per heavy atom. The van der Waals surface area contributed by atoms with Crippen molar-refractivity contribution < 1.29 is 17.3 Å². The smallest absolute Gasteiger partial charge is 0.415 e. The minimum absolute atomic E-state index is 0.283. The number of halogens is 1. The van der Waals surface area contributed by atoms with Crippen molar-refractivity contribution in [1.29, 1.82) is 0 Å². The Bertz CT molecular complexity index is 1540. The van der Waals surface area contributed by atoms with Crippen LogP contribution in [-0.2, 0) is 12.5 Å². The van der Waals surface area contributed by atoms with E-state index in [0.29, 0.717) is 6.61 Å². The average Bonchev–Trinajstić information content (AvgIpc) is 3.35. The van der Waals surface area contributed by atoms with Crippen LogP contribution in [0.5, 0.6) is 0 Å². The number of anilines is 2. The van der Waals surface area contributed by atoms with E-state index in [1.165, 1.54) is 0 Å². The molecule has 0 N–H and O–H groups in total. The van der Waals surface area contributed by atoms with Gasteiger partial charge in [0, 0.05) is 37.1 Å². The van der Waals surface area contributed by atoms with Gasteiger partial charge in [-0.05, 0) is 84.4 Å². The van der Waals surface area contributed by atoms with Gasteiger partial charge in [-0.3, -0.25) is 4.90 Å². The van der Waals surface area contributed by atoms with E-state index in [1.807, 2.05) is 121 Å². The Morgan fingerprint density at radius 1 is 0.884 bits per heavy atom. The summed E-state index contributed by atoms with van der Waals surface area (Å²) in [7, 11) is 3.96. The number of hydrogen-bond donors (Lipinski definition) is 0. The van der Waals surface area contributed by atoms with Crippen molar-refractivity contribution in [3.05, 3.63) is 60.8 Å². The summed E-state index contributed by atoms with van der Waals surface area (Å²) in [6, 6.07) is 18.3. The van der Waals surface area contributed by atoms with Gasteiger partial charge in [0.25, 0.3) is 0 Å². The number of thiazole rings is 1. The lowest BCUT2D eigenvalue weighted by Gasteiger charge is -2.40. The van der Waals surface area contributed by atoms with Crippen molar-refractivity contribution in [2.24, 2.45) is 0 Å². The monoisotopic (exact) mass is 716 g/mol. The van der Waals surface area contributed by atoms with Gasteiger partial charge in [0.1, 0.15) is 39.4 Å². The highest BCUT2D eigenvalue weighted by Gasteiger charge is 2.37. The van der Waals surface area contributed by atoms with Crippen LogP contribution in [0, 0.1) is 0 Å². The molecule has 0 saturated heterocycles. The molecule has 8 nitrogen and oxygen atoms in total. The molecule has 0 fully saturated rings. The van der Waals surface area contributed by atoms with Crippen molar-refractivity contribution in [3.63, 3.8) is 0 Å². The quantitative estimate of drug-likeness (QED) is 0.152. The van der Waals surface area contributed by atoms with Crippen LogP contribution < -0.4 is 9.80 Å². The zero-order valence-electron chi connectivity index (χ0n) is 26.4. The Labute approximate surface area is 273 Å². The van der Waals surface area contributed by atoms with E-state index in [0.717, 1.165) is 43.4 Å². The highest BCUT2D eigenvalue weighted by Crippen LogP contribution is 2.36. The summed E-state index contributed by atoms with van der Waals surface area (Å²) in [4.78, 5) is 26.7. The molecule has 1 amide bonds. The summed E-state index contributed by atoms with van der Waals surface area (Å²) in [6.07, 6.45) is 1.46. The van der Waals surface area contributed by atoms with Crippen LogP contribution in [0.1, 0.15) is 48.5 Å². The standard InChI is InChI=1S/C33H41IN4O4S/c1-31(2,3)42-30(39)38(32(4,5)20-40-33(6,7)21-41-34)25-15-16-26-27(18-25)43-29(36-26)23-12-10-22(11-13-23)24-14-17-28(35-19-24)37(8)9/h10-19H,20-21H2,1-9H3. The number of carbonyl (C=O) groups is 1. The lowest BCUT2D eigenvalue weighted by atomic mass is 10.0. The lowest BCUT2D eigenvalue weighted by molar-refractivity contribution is -0.0560. The van der Waals surface area contributed by atoms with Gasteiger partial charge in [-0.1, -0.05) is 24.3 Å². The Balaban J connectivity index is 1.63. The van der Waals surface area contributed by atoms with Crippen LogP contribution >= 0.6 is 34.3 Å². The minimum Gasteiger partial charge on any atom is -0.443 e. The molecule has 0 atom stereocenters. The molecule has 0 aliphatic rings. The molecule has 0 radical (unpaired) electrons. The molecule has 10 heteroatoms. The molecular formula is C33H41IN4O4S. The molecular weight excluding hydrogens is 675 g/mol. The van der Waals surface area contributed by atoms with Crippen molar-refractivity contribution in [2.75, 3.05) is 37.1 Å². The highest BCUT2D eigenvalue weighted by atomic mass is 127. The number of pyridine rings is 1. The number of ether oxygens (including phenoxy) is 2. The molecule has 0 saturated carbocycles. The zero-order chi connectivity index (χ0) is 31.6. The van der Waals surface area contributed by atoms with Crippen molar-refractivity contribution in [2.45, 2.75) is 65.2 Å². The molecule has 0 bridgehead atoms. The maximum absolute atomic E-state index is 13.6. The van der Waals surface area contributed by atoms with Crippen LogP contribution in [-0.4, -0.2) is 60.1 Å². The first-order valence-corrected chi connectivity index (χ1v) is 15.8. The van der Waals surface area contributed by atoms with E-state index in [-0.39, 0.29) is 6.61 Å². The fraction of sp³-hybridized carbons (Fsp3) is 0.424. The van der Waals surface area contributed by atoms with Gasteiger partial charge in [-0.15, -0.1) is 11.3 Å². The second-order valence-electron chi connectivity index (χ2n) is 13.0. The topological polar surface area (TPSA) is 77.0 Å². The number of hydrogen-bond acceptors (Lipinski definition) is 8. The van der Waals surface area contributed by atoms with Crippen LogP contribution in [0.4, 0.5) is 16.3 Å². The van der Waals surface area contributed by atoms with Gasteiger partial charge < -0.3 is 17.4 Å². The van der Waals surface area contributed by atoms with E-state index < -0.39 is 22.8 Å². The first-order chi connectivity index (χ1) is 20.1. The van der Waals surface area contributed by atoms with E-state index in [2.05, 4.69) is 35.3 Å². The zero-order valence-corrected chi connectivity index (χ0v) is 29.4. The van der Waals surface area contributed by atoms with Gasteiger partial charge in [0.15, 0.2) is 0 Å². The number of aromatic nitrogens is 2. The first kappa shape index (κ1) is 33.1. The van der Waals surface area contributed by atoms with Crippen LogP contribution in [0.2, 0.25) is 0 Å². The van der Waals surface area contributed by atoms with E-state index >= 15 is 0 Å². The summed E-state index contributed by atoms with van der Waals surface area (Å²) in [5.41, 5.74) is 2.88. The third-order valence-corrected chi connectivity index (χ3v) is 8.08. The number of amides is 1. The van der Waals surface area contributed by atoms with E-state index in [9.17, 15) is 4.79 Å². The van der Waals surface area contributed by atoms with Crippen LogP contribution in [0.25, 0.3) is 31.9 Å². The predicted molar refractivity (Wildman–Crippen MR) is 185 cm³/mol. The van der Waals surface area contributed by atoms with Crippen LogP contribution in [0.3, 0.4) is 0 Å². The number of carbonyl (C=O) groups excluding carboxylic acids is 1. The van der Waals surface area contributed by atoms with Gasteiger partial charge >= 0.3 is 6.09 Å². The average molecular weight is 717 g/mol. The largest absolute Gasteiger partial charge is 0.443 e. The maximum atomic E-state index is 13.6. The number of nitrogens with zero attached hydrogens (tertiary/aromatic N) is 4. The second kappa shape index (κ2) is 13.1. The summed E-state index contributed by atoms with van der Waals surface area (Å²) in [5.74, 6) is 0.921. The van der Waals surface area contributed by atoms with Crippen molar-refractivity contribution in [1.82, 2.24) is 9.97 Å². The summed E-state index contributed by atoms with van der Waals surface area (Å²) >= 11 is 3.46. The summed E-state index contributed by atoms with van der Waals surface area (Å²) in [5, 5.41) is 0.909. The Hall–Kier alpha value is -2.80. The molecule has 2 heterocycles. The third-order valence-electron chi connectivity index (χ3n) is 6.70. The highest BCUT2D eigenvalue weighted by molar-refractivity contribution is 14.1. The molecule has 0 aliphatic carbocycles. The molecule has 2 aromatic carbocycles. The van der Waals surface area contributed by atoms with Crippen molar-refractivity contribution >= 4 is 62.2 Å². The summed E-state index contributed by atoms with van der Waals surface area (Å²) < 4.78 is 18.4. The number of rotatable bonds is 10. The van der Waals surface area contributed by atoms with Gasteiger partial charge in [0.2, 0.25) is 0 Å². The molecule has 4 aromatic rings. The van der Waals surface area contributed by atoms with Crippen LogP contribution in [0.15, 0.2) is 60.8 Å². The van der Waals surface area contributed by atoms with E-state index in [1.54, 1.807) is 16.2 Å². The second-order valence-corrected chi connectivity index (χ2v) is 14.6. The normalized spacial score (nSPS) is 12.4. The third kappa shape index (κ3) is 8.43. The lowest BCUT2D eigenvalue weighted by Crippen LogP contribution is -2.54. The fourth-order valence-corrected chi connectivity index (χ4v) is 6.18. The van der Waals surface area contributed by atoms with Gasteiger partial charge in [-0.25, -0.2) is 14.8 Å². The summed E-state index contributed by atoms with van der Waals surface area (Å²) in [6.45, 7) is 14.2.